The maximum atomic E-state index is 13.2. The van der Waals surface area contributed by atoms with E-state index in [1.54, 1.807) is 4.90 Å². The highest BCUT2D eigenvalue weighted by atomic mass is 16.5. The molecule has 0 bridgehead atoms. The Morgan fingerprint density at radius 1 is 0.935 bits per heavy atom. The summed E-state index contributed by atoms with van der Waals surface area (Å²) >= 11 is 0. The van der Waals surface area contributed by atoms with Crippen LogP contribution in [0.25, 0.3) is 11.1 Å². The lowest BCUT2D eigenvalue weighted by Crippen LogP contribution is -2.59. The average molecular weight is 415 g/mol. The Hall–Kier alpha value is -3.44. The van der Waals surface area contributed by atoms with E-state index in [1.165, 1.54) is 7.11 Å². The maximum Gasteiger partial charge on any atom is 0.249 e. The standard InChI is InChI=1S/C26H26N2O3/c1-31-19-26(30)27-18-25(29)28(17-22(27)16-20-10-4-2-5-11-20)24-15-9-8-14-23(24)21-12-6-3-7-13-21/h2-15,22H,16-19H2,1H3/t22-/m1/s1. The number of anilines is 1. The van der Waals surface area contributed by atoms with E-state index in [4.69, 9.17) is 4.74 Å². The molecule has 5 heteroatoms. The van der Waals surface area contributed by atoms with E-state index in [9.17, 15) is 9.59 Å². The number of benzene rings is 3. The summed E-state index contributed by atoms with van der Waals surface area (Å²) in [5.41, 5.74) is 4.07. The smallest absolute Gasteiger partial charge is 0.249 e. The molecule has 158 valence electrons. The number of methoxy groups -OCH3 is 1. The topological polar surface area (TPSA) is 49.9 Å². The summed E-state index contributed by atoms with van der Waals surface area (Å²) in [5.74, 6) is -0.245. The van der Waals surface area contributed by atoms with Crippen LogP contribution in [-0.4, -0.2) is 49.6 Å². The lowest BCUT2D eigenvalue weighted by atomic mass is 9.98. The molecule has 1 saturated heterocycles. The van der Waals surface area contributed by atoms with Crippen LogP contribution < -0.4 is 4.90 Å². The summed E-state index contributed by atoms with van der Waals surface area (Å²) in [4.78, 5) is 29.4. The van der Waals surface area contributed by atoms with Crippen LogP contribution in [0.15, 0.2) is 84.9 Å². The van der Waals surface area contributed by atoms with Crippen LogP contribution in [0, 0.1) is 0 Å². The van der Waals surface area contributed by atoms with Gasteiger partial charge in [0, 0.05) is 19.2 Å². The molecule has 1 atom stereocenters. The predicted octanol–water partition coefficient (Wildman–Crippen LogP) is 3.79. The normalized spacial score (nSPS) is 16.4. The number of hydrogen-bond donors (Lipinski definition) is 0. The second-order valence-electron chi connectivity index (χ2n) is 7.69. The van der Waals surface area contributed by atoms with Gasteiger partial charge in [0.15, 0.2) is 0 Å². The Labute approximate surface area is 182 Å². The van der Waals surface area contributed by atoms with E-state index in [2.05, 4.69) is 12.1 Å². The van der Waals surface area contributed by atoms with Gasteiger partial charge in [0.05, 0.1) is 11.7 Å². The second kappa shape index (κ2) is 9.58. The Morgan fingerprint density at radius 3 is 2.29 bits per heavy atom. The van der Waals surface area contributed by atoms with Gasteiger partial charge in [-0.15, -0.1) is 0 Å². The van der Waals surface area contributed by atoms with Crippen molar-refractivity contribution in [1.29, 1.82) is 0 Å². The molecule has 31 heavy (non-hydrogen) atoms. The van der Waals surface area contributed by atoms with Crippen molar-refractivity contribution in [2.45, 2.75) is 12.5 Å². The summed E-state index contributed by atoms with van der Waals surface area (Å²) in [7, 11) is 1.50. The molecule has 3 aromatic rings. The largest absolute Gasteiger partial charge is 0.375 e. The SMILES string of the molecule is COCC(=O)N1CC(=O)N(c2ccccc2-c2ccccc2)C[C@H]1Cc1ccccc1. The van der Waals surface area contributed by atoms with Gasteiger partial charge in [-0.25, -0.2) is 0 Å². The van der Waals surface area contributed by atoms with E-state index in [1.807, 2.05) is 77.7 Å². The van der Waals surface area contributed by atoms with E-state index < -0.39 is 0 Å². The molecule has 1 aliphatic rings. The van der Waals surface area contributed by atoms with Gasteiger partial charge in [-0.1, -0.05) is 78.9 Å². The molecule has 0 saturated carbocycles. The van der Waals surface area contributed by atoms with Crippen LogP contribution in [0.2, 0.25) is 0 Å². The lowest BCUT2D eigenvalue weighted by molar-refractivity contribution is -0.142. The van der Waals surface area contributed by atoms with E-state index >= 15 is 0 Å². The fourth-order valence-electron chi connectivity index (χ4n) is 4.13. The molecule has 2 amide bonds. The number of carbonyl (C=O) groups excluding carboxylic acids is 2. The molecule has 0 aromatic heterocycles. The van der Waals surface area contributed by atoms with Crippen molar-refractivity contribution < 1.29 is 14.3 Å². The average Bonchev–Trinajstić information content (AvgIpc) is 2.81. The van der Waals surface area contributed by atoms with Crippen molar-refractivity contribution in [1.82, 2.24) is 4.90 Å². The number of hydrogen-bond acceptors (Lipinski definition) is 3. The Bertz CT molecular complexity index is 1040. The van der Waals surface area contributed by atoms with Crippen molar-refractivity contribution in [2.75, 3.05) is 31.7 Å². The summed E-state index contributed by atoms with van der Waals surface area (Å²) in [6, 6.07) is 27.9. The molecular weight excluding hydrogens is 388 g/mol. The van der Waals surface area contributed by atoms with Gasteiger partial charge in [-0.05, 0) is 23.6 Å². The zero-order valence-corrected chi connectivity index (χ0v) is 17.6. The molecular formula is C26H26N2O3. The predicted molar refractivity (Wildman–Crippen MR) is 122 cm³/mol. The zero-order chi connectivity index (χ0) is 21.6. The maximum absolute atomic E-state index is 13.2. The van der Waals surface area contributed by atoms with E-state index in [0.29, 0.717) is 13.0 Å². The number of piperazine rings is 1. The van der Waals surface area contributed by atoms with Crippen LogP contribution in [0.4, 0.5) is 5.69 Å². The quantitative estimate of drug-likeness (QED) is 0.617. The van der Waals surface area contributed by atoms with E-state index in [-0.39, 0.29) is 31.0 Å². The minimum atomic E-state index is -0.159. The Morgan fingerprint density at radius 2 is 1.58 bits per heavy atom. The van der Waals surface area contributed by atoms with Crippen molar-refractivity contribution in [3.05, 3.63) is 90.5 Å². The van der Waals surface area contributed by atoms with Crippen molar-refractivity contribution in [3.63, 3.8) is 0 Å². The monoisotopic (exact) mass is 414 g/mol. The fraction of sp³-hybridized carbons (Fsp3) is 0.231. The molecule has 1 aliphatic heterocycles. The molecule has 0 N–H and O–H groups in total. The highest BCUT2D eigenvalue weighted by Crippen LogP contribution is 2.32. The third-order valence-electron chi connectivity index (χ3n) is 5.62. The molecule has 5 nitrogen and oxygen atoms in total. The number of nitrogens with zero attached hydrogens (tertiary/aromatic N) is 2. The molecule has 0 aliphatic carbocycles. The number of ether oxygens (including phenoxy) is 1. The minimum Gasteiger partial charge on any atom is -0.375 e. The second-order valence-corrected chi connectivity index (χ2v) is 7.69. The van der Waals surface area contributed by atoms with Gasteiger partial charge in [-0.3, -0.25) is 9.59 Å². The van der Waals surface area contributed by atoms with Gasteiger partial charge in [0.25, 0.3) is 0 Å². The van der Waals surface area contributed by atoms with Gasteiger partial charge in [0.2, 0.25) is 11.8 Å². The summed E-state index contributed by atoms with van der Waals surface area (Å²) in [6.45, 7) is 0.453. The summed E-state index contributed by atoms with van der Waals surface area (Å²) in [5, 5.41) is 0. The number of carbonyl (C=O) groups is 2. The molecule has 3 aromatic carbocycles. The molecule has 0 radical (unpaired) electrons. The molecule has 4 rings (SSSR count). The molecule has 1 fully saturated rings. The van der Waals surface area contributed by atoms with Gasteiger partial charge in [0.1, 0.15) is 13.2 Å². The molecule has 0 unspecified atom stereocenters. The lowest BCUT2D eigenvalue weighted by Gasteiger charge is -2.41. The van der Waals surface area contributed by atoms with Crippen LogP contribution >= 0.6 is 0 Å². The highest BCUT2D eigenvalue weighted by molar-refractivity contribution is 6.01. The van der Waals surface area contributed by atoms with Crippen LogP contribution in [0.5, 0.6) is 0 Å². The first-order valence-electron chi connectivity index (χ1n) is 10.4. The zero-order valence-electron chi connectivity index (χ0n) is 17.6. The van der Waals surface area contributed by atoms with Gasteiger partial charge >= 0.3 is 0 Å². The Balaban J connectivity index is 1.67. The number of para-hydroxylation sites is 1. The Kier molecular flexibility index (Phi) is 6.43. The van der Waals surface area contributed by atoms with Crippen LogP contribution in [0.3, 0.4) is 0 Å². The van der Waals surface area contributed by atoms with Crippen LogP contribution in [0.1, 0.15) is 5.56 Å². The fourth-order valence-corrected chi connectivity index (χ4v) is 4.13. The third-order valence-corrected chi connectivity index (χ3v) is 5.62. The highest BCUT2D eigenvalue weighted by Gasteiger charge is 2.36. The number of rotatable bonds is 6. The van der Waals surface area contributed by atoms with Gasteiger partial charge < -0.3 is 14.5 Å². The number of amides is 2. The first kappa shape index (κ1) is 20.8. The summed E-state index contributed by atoms with van der Waals surface area (Å²) in [6.07, 6.45) is 0.674. The van der Waals surface area contributed by atoms with Gasteiger partial charge in [-0.2, -0.15) is 0 Å². The molecule has 0 spiro atoms. The first-order chi connectivity index (χ1) is 15.2. The van der Waals surface area contributed by atoms with Crippen molar-refractivity contribution in [3.8, 4) is 11.1 Å². The van der Waals surface area contributed by atoms with Crippen LogP contribution in [-0.2, 0) is 20.7 Å². The third kappa shape index (κ3) is 4.67. The van der Waals surface area contributed by atoms with E-state index in [0.717, 1.165) is 22.4 Å². The molecule has 1 heterocycles. The minimum absolute atomic E-state index is 0.0286. The summed E-state index contributed by atoms with van der Waals surface area (Å²) < 4.78 is 5.06. The van der Waals surface area contributed by atoms with Crippen molar-refractivity contribution >= 4 is 17.5 Å². The van der Waals surface area contributed by atoms with Crippen molar-refractivity contribution in [2.24, 2.45) is 0 Å². The first-order valence-corrected chi connectivity index (χ1v) is 10.4.